The van der Waals surface area contributed by atoms with Crippen LogP contribution in [0.1, 0.15) is 78.9 Å². The molecule has 3 heterocycles. The van der Waals surface area contributed by atoms with E-state index in [-0.39, 0.29) is 17.9 Å². The number of aryl methyl sites for hydroxylation is 2. The number of nitrogens with zero attached hydrogens (tertiary/aromatic N) is 2. The zero-order valence-electron chi connectivity index (χ0n) is 20.7. The molecule has 0 spiro atoms. The Balaban J connectivity index is 1.62. The summed E-state index contributed by atoms with van der Waals surface area (Å²) in [5.74, 6) is -0.146. The normalized spacial score (nSPS) is 21.5. The number of nitrogens with one attached hydrogen (secondary N) is 1. The molecule has 5 rings (SSSR count). The zero-order valence-corrected chi connectivity index (χ0v) is 21.6. The van der Waals surface area contributed by atoms with Gasteiger partial charge >= 0.3 is 0 Å². The first-order valence-electron chi connectivity index (χ1n) is 12.7. The summed E-state index contributed by atoms with van der Waals surface area (Å²) < 4.78 is 3.20. The van der Waals surface area contributed by atoms with Gasteiger partial charge in [0.25, 0.3) is 5.91 Å². The highest BCUT2D eigenvalue weighted by Gasteiger charge is 2.49. The molecule has 0 saturated heterocycles. The highest BCUT2D eigenvalue weighted by atomic mass is 32.1. The number of thiophene rings is 1. The minimum Gasteiger partial charge on any atom is -0.351 e. The molecule has 180 valence electrons. The van der Waals surface area contributed by atoms with Crippen molar-refractivity contribution in [1.82, 2.24) is 9.88 Å². The van der Waals surface area contributed by atoms with Crippen molar-refractivity contribution in [2.45, 2.75) is 90.8 Å². The van der Waals surface area contributed by atoms with Gasteiger partial charge in [0.15, 0.2) is 0 Å². The lowest BCUT2D eigenvalue weighted by Gasteiger charge is -2.45. The second-order valence-corrected chi connectivity index (χ2v) is 11.4. The average molecular weight is 478 g/mol. The highest BCUT2D eigenvalue weighted by Crippen LogP contribution is 2.40. The van der Waals surface area contributed by atoms with Crippen LogP contribution >= 0.6 is 11.3 Å². The third-order valence-electron chi connectivity index (χ3n) is 7.87. The van der Waals surface area contributed by atoms with E-state index in [0.29, 0.717) is 12.2 Å². The second kappa shape index (κ2) is 8.88. The molecule has 3 aromatic rings. The van der Waals surface area contributed by atoms with Gasteiger partial charge in [-0.2, -0.15) is 0 Å². The van der Waals surface area contributed by atoms with Gasteiger partial charge in [0.1, 0.15) is 11.2 Å². The summed E-state index contributed by atoms with van der Waals surface area (Å²) in [6.45, 7) is 8.64. The van der Waals surface area contributed by atoms with Crippen LogP contribution < -0.4 is 10.2 Å². The van der Waals surface area contributed by atoms with Crippen LogP contribution in [0, 0.1) is 13.8 Å². The minimum absolute atomic E-state index is 0.0490. The van der Waals surface area contributed by atoms with Gasteiger partial charge in [0.2, 0.25) is 5.91 Å². The van der Waals surface area contributed by atoms with Crippen LogP contribution in [0.3, 0.4) is 0 Å². The fraction of sp³-hybridized carbons (Fsp3) is 0.500. The number of fused-ring (bicyclic) bond motifs is 3. The Hall–Kier alpha value is -2.60. The Kier molecular flexibility index (Phi) is 6.05. The maximum atomic E-state index is 14.1. The minimum atomic E-state index is -1.02. The molecule has 1 aliphatic carbocycles. The van der Waals surface area contributed by atoms with E-state index in [4.69, 9.17) is 0 Å². The van der Waals surface area contributed by atoms with Gasteiger partial charge in [-0.25, -0.2) is 0 Å². The molecule has 1 fully saturated rings. The molecule has 1 aliphatic heterocycles. The highest BCUT2D eigenvalue weighted by molar-refractivity contribution is 7.19. The van der Waals surface area contributed by atoms with Crippen LogP contribution in [0.2, 0.25) is 0 Å². The van der Waals surface area contributed by atoms with Crippen molar-refractivity contribution in [1.29, 1.82) is 0 Å². The van der Waals surface area contributed by atoms with Crippen molar-refractivity contribution >= 4 is 39.1 Å². The van der Waals surface area contributed by atoms with Crippen LogP contribution in [-0.2, 0) is 17.8 Å². The molecule has 2 aromatic heterocycles. The Bertz CT molecular complexity index is 1250. The van der Waals surface area contributed by atoms with Gasteiger partial charge in [-0.05, 0) is 69.4 Å². The Morgan fingerprint density at radius 3 is 2.59 bits per heavy atom. The van der Waals surface area contributed by atoms with E-state index in [2.05, 4.69) is 35.9 Å². The maximum Gasteiger partial charge on any atom is 0.275 e. The number of benzene rings is 1. The molecule has 2 aliphatic rings. The largest absolute Gasteiger partial charge is 0.351 e. The van der Waals surface area contributed by atoms with Gasteiger partial charge in [0.05, 0.1) is 16.8 Å². The third-order valence-corrected chi connectivity index (χ3v) is 9.08. The lowest BCUT2D eigenvalue weighted by atomic mass is 9.91. The number of carbonyl (C=O) groups excluding carboxylic acids is 2. The molecule has 1 aromatic carbocycles. The van der Waals surface area contributed by atoms with Crippen molar-refractivity contribution in [2.75, 3.05) is 4.90 Å². The molecular weight excluding hydrogens is 442 g/mol. The van der Waals surface area contributed by atoms with E-state index >= 15 is 0 Å². The van der Waals surface area contributed by atoms with Crippen LogP contribution in [0.4, 0.5) is 5.69 Å². The predicted molar refractivity (Wildman–Crippen MR) is 140 cm³/mol. The summed E-state index contributed by atoms with van der Waals surface area (Å²) in [5, 5.41) is 3.37. The molecule has 0 bridgehead atoms. The fourth-order valence-corrected chi connectivity index (χ4v) is 6.66. The van der Waals surface area contributed by atoms with E-state index in [1.54, 1.807) is 16.2 Å². The van der Waals surface area contributed by atoms with Crippen molar-refractivity contribution in [3.05, 3.63) is 52.0 Å². The number of aromatic nitrogens is 1. The van der Waals surface area contributed by atoms with Crippen molar-refractivity contribution < 1.29 is 9.59 Å². The fourth-order valence-electron chi connectivity index (χ4n) is 5.62. The maximum absolute atomic E-state index is 14.1. The SMILES string of the molecule is CCc1cc2c(cc3n2CC(C)(C(=O)NC2CCCCCC2)N(c2cccc(C)c2C)C3=O)s1. The monoisotopic (exact) mass is 477 g/mol. The van der Waals surface area contributed by atoms with Crippen molar-refractivity contribution in [3.8, 4) is 0 Å². The number of anilines is 1. The Morgan fingerprint density at radius 2 is 1.88 bits per heavy atom. The summed E-state index contributed by atoms with van der Waals surface area (Å²) in [7, 11) is 0. The van der Waals surface area contributed by atoms with Gasteiger partial charge < -0.3 is 9.88 Å². The van der Waals surface area contributed by atoms with Crippen LogP contribution in [0.25, 0.3) is 10.2 Å². The average Bonchev–Trinajstić information content (AvgIpc) is 3.25. The smallest absolute Gasteiger partial charge is 0.275 e. The zero-order chi connectivity index (χ0) is 24.0. The van der Waals surface area contributed by atoms with Gasteiger partial charge in [0, 0.05) is 16.6 Å². The molecule has 2 amide bonds. The number of rotatable bonds is 4. The van der Waals surface area contributed by atoms with Crippen LogP contribution in [0.15, 0.2) is 30.3 Å². The van der Waals surface area contributed by atoms with Gasteiger partial charge in [-0.15, -0.1) is 11.3 Å². The summed E-state index contributed by atoms with van der Waals surface area (Å²) in [6.07, 6.45) is 7.78. The van der Waals surface area contributed by atoms with E-state index < -0.39 is 5.54 Å². The van der Waals surface area contributed by atoms with Crippen LogP contribution in [-0.4, -0.2) is 28.0 Å². The summed E-state index contributed by atoms with van der Waals surface area (Å²) in [4.78, 5) is 31.2. The van der Waals surface area contributed by atoms with Gasteiger partial charge in [-0.3, -0.25) is 14.5 Å². The number of amides is 2. The summed E-state index contributed by atoms with van der Waals surface area (Å²) >= 11 is 1.74. The lowest BCUT2D eigenvalue weighted by Crippen LogP contribution is -2.65. The van der Waals surface area contributed by atoms with E-state index in [0.717, 1.165) is 59.1 Å². The van der Waals surface area contributed by atoms with E-state index in [1.807, 2.05) is 32.0 Å². The van der Waals surface area contributed by atoms with E-state index in [1.165, 1.54) is 17.7 Å². The first-order chi connectivity index (χ1) is 16.3. The Labute approximate surface area is 206 Å². The predicted octanol–water partition coefficient (Wildman–Crippen LogP) is 6.14. The molecule has 1 atom stereocenters. The second-order valence-electron chi connectivity index (χ2n) is 10.2. The molecule has 0 radical (unpaired) electrons. The summed E-state index contributed by atoms with van der Waals surface area (Å²) in [5.41, 5.74) is 3.71. The topological polar surface area (TPSA) is 54.3 Å². The first kappa shape index (κ1) is 23.2. The molecule has 34 heavy (non-hydrogen) atoms. The number of carbonyl (C=O) groups is 2. The standard InChI is InChI=1S/C28H35N3O2S/c1-5-21-15-23-25(34-21)16-24-26(32)31(22-14-10-11-18(2)19(22)3)28(4,17-30(23)24)27(33)29-20-12-8-6-7-9-13-20/h10-11,14-16,20H,5-9,12-13,17H2,1-4H3,(H,29,33). The Morgan fingerprint density at radius 1 is 1.15 bits per heavy atom. The lowest BCUT2D eigenvalue weighted by molar-refractivity contribution is -0.127. The molecular formula is C28H35N3O2S. The third kappa shape index (κ3) is 3.76. The van der Waals surface area contributed by atoms with Crippen LogP contribution in [0.5, 0.6) is 0 Å². The molecule has 5 nitrogen and oxygen atoms in total. The molecule has 1 unspecified atom stereocenters. The number of hydrogen-bond donors (Lipinski definition) is 1. The quantitative estimate of drug-likeness (QED) is 0.459. The van der Waals surface area contributed by atoms with Crippen molar-refractivity contribution in [3.63, 3.8) is 0 Å². The number of hydrogen-bond acceptors (Lipinski definition) is 3. The van der Waals surface area contributed by atoms with Gasteiger partial charge in [-0.1, -0.05) is 44.7 Å². The van der Waals surface area contributed by atoms with E-state index in [9.17, 15) is 9.59 Å². The molecule has 6 heteroatoms. The van der Waals surface area contributed by atoms with Crippen molar-refractivity contribution in [2.24, 2.45) is 0 Å². The first-order valence-corrected chi connectivity index (χ1v) is 13.5. The molecule has 1 saturated carbocycles. The summed E-state index contributed by atoms with van der Waals surface area (Å²) in [6, 6.07) is 10.4. The molecule has 1 N–H and O–H groups in total.